The summed E-state index contributed by atoms with van der Waals surface area (Å²) < 4.78 is 0. The van der Waals surface area contributed by atoms with Gasteiger partial charge >= 0.3 is 5.97 Å². The molecule has 0 aliphatic rings. The van der Waals surface area contributed by atoms with Gasteiger partial charge in [-0.25, -0.2) is 4.98 Å². The van der Waals surface area contributed by atoms with Crippen LogP contribution in [0.2, 0.25) is 0 Å². The van der Waals surface area contributed by atoms with Crippen LogP contribution in [-0.2, 0) is 17.8 Å². The molecule has 0 aliphatic carbocycles. The molecule has 2 heterocycles. The van der Waals surface area contributed by atoms with Crippen LogP contribution in [0, 0.1) is 0 Å². The maximum Gasteiger partial charge on any atom is 0.303 e. The molecule has 0 saturated carbocycles. The van der Waals surface area contributed by atoms with Gasteiger partial charge in [0.25, 0.3) is 0 Å². The van der Waals surface area contributed by atoms with Crippen LogP contribution in [0.25, 0.3) is 0 Å². The van der Waals surface area contributed by atoms with Crippen LogP contribution in [-0.4, -0.2) is 21.0 Å². The zero-order valence-electron chi connectivity index (χ0n) is 9.67. The van der Waals surface area contributed by atoms with Crippen molar-refractivity contribution in [2.75, 3.05) is 5.32 Å². The molecule has 18 heavy (non-hydrogen) atoms. The fraction of sp³-hybridized carbons (Fsp3) is 0.250. The number of aliphatic carboxylic acids is 1. The molecule has 0 aliphatic heterocycles. The summed E-state index contributed by atoms with van der Waals surface area (Å²) >= 11 is 1.48. The molecule has 0 spiro atoms. The SMILES string of the molecule is O=C(O)CCc1csc(NCc2ccccn2)n1. The Morgan fingerprint density at radius 3 is 3.00 bits per heavy atom. The number of rotatable bonds is 6. The van der Waals surface area contributed by atoms with E-state index in [2.05, 4.69) is 15.3 Å². The van der Waals surface area contributed by atoms with Gasteiger partial charge in [0.15, 0.2) is 5.13 Å². The molecule has 0 bridgehead atoms. The smallest absolute Gasteiger partial charge is 0.303 e. The number of nitrogens with zero attached hydrogens (tertiary/aromatic N) is 2. The topological polar surface area (TPSA) is 75.1 Å². The number of aryl methyl sites for hydroxylation is 1. The predicted octanol–water partition coefficient (Wildman–Crippen LogP) is 2.17. The number of thiazole rings is 1. The van der Waals surface area contributed by atoms with Crippen molar-refractivity contribution in [3.8, 4) is 0 Å². The molecular formula is C12H13N3O2S. The van der Waals surface area contributed by atoms with Crippen LogP contribution < -0.4 is 5.32 Å². The van der Waals surface area contributed by atoms with E-state index < -0.39 is 5.97 Å². The van der Waals surface area contributed by atoms with Crippen LogP contribution in [0.1, 0.15) is 17.8 Å². The summed E-state index contributed by atoms with van der Waals surface area (Å²) in [7, 11) is 0. The highest BCUT2D eigenvalue weighted by atomic mass is 32.1. The third-order valence-corrected chi connectivity index (χ3v) is 3.14. The Morgan fingerprint density at radius 2 is 2.28 bits per heavy atom. The normalized spacial score (nSPS) is 10.2. The molecular weight excluding hydrogens is 250 g/mol. The first kappa shape index (κ1) is 12.5. The molecule has 0 atom stereocenters. The van der Waals surface area contributed by atoms with Gasteiger partial charge in [-0.05, 0) is 12.1 Å². The molecule has 0 saturated heterocycles. The van der Waals surface area contributed by atoms with Gasteiger partial charge in [0.1, 0.15) is 0 Å². The van der Waals surface area contributed by atoms with Crippen LogP contribution in [0.15, 0.2) is 29.8 Å². The van der Waals surface area contributed by atoms with Crippen molar-refractivity contribution in [2.45, 2.75) is 19.4 Å². The van der Waals surface area contributed by atoms with Crippen LogP contribution in [0.4, 0.5) is 5.13 Å². The minimum absolute atomic E-state index is 0.114. The monoisotopic (exact) mass is 263 g/mol. The second-order valence-corrected chi connectivity index (χ2v) is 4.57. The van der Waals surface area contributed by atoms with Gasteiger partial charge in [0, 0.05) is 18.0 Å². The molecule has 0 unspecified atom stereocenters. The predicted molar refractivity (Wildman–Crippen MR) is 69.6 cm³/mol. The summed E-state index contributed by atoms with van der Waals surface area (Å²) in [5, 5.41) is 14.4. The Kier molecular flexibility index (Phi) is 4.25. The fourth-order valence-electron chi connectivity index (χ4n) is 1.41. The van der Waals surface area contributed by atoms with Gasteiger partial charge in [-0.3, -0.25) is 9.78 Å². The van der Waals surface area contributed by atoms with Gasteiger partial charge in [0.05, 0.1) is 24.4 Å². The molecule has 0 fully saturated rings. The van der Waals surface area contributed by atoms with Gasteiger partial charge in [-0.1, -0.05) is 6.07 Å². The fourth-order valence-corrected chi connectivity index (χ4v) is 2.15. The van der Waals surface area contributed by atoms with Crippen molar-refractivity contribution in [1.82, 2.24) is 9.97 Å². The van der Waals surface area contributed by atoms with Gasteiger partial charge < -0.3 is 10.4 Å². The minimum atomic E-state index is -0.800. The van der Waals surface area contributed by atoms with E-state index >= 15 is 0 Å². The molecule has 94 valence electrons. The summed E-state index contributed by atoms with van der Waals surface area (Å²) in [6, 6.07) is 5.74. The Labute approximate surface area is 109 Å². The Bertz CT molecular complexity index is 513. The molecule has 2 aromatic heterocycles. The van der Waals surface area contributed by atoms with E-state index in [-0.39, 0.29) is 6.42 Å². The van der Waals surface area contributed by atoms with E-state index in [1.54, 1.807) is 6.20 Å². The van der Waals surface area contributed by atoms with E-state index in [1.807, 2.05) is 23.6 Å². The lowest BCUT2D eigenvalue weighted by Gasteiger charge is -2.00. The van der Waals surface area contributed by atoms with Gasteiger partial charge in [-0.2, -0.15) is 0 Å². The lowest BCUT2D eigenvalue weighted by Crippen LogP contribution is -2.01. The summed E-state index contributed by atoms with van der Waals surface area (Å²) in [6.07, 6.45) is 2.33. The quantitative estimate of drug-likeness (QED) is 0.835. The number of pyridine rings is 1. The minimum Gasteiger partial charge on any atom is -0.481 e. The van der Waals surface area contributed by atoms with E-state index in [1.165, 1.54) is 11.3 Å². The summed E-state index contributed by atoms with van der Waals surface area (Å²) in [5.41, 5.74) is 1.76. The molecule has 2 N–H and O–H groups in total. The number of hydrogen-bond donors (Lipinski definition) is 2. The second kappa shape index (κ2) is 6.11. The summed E-state index contributed by atoms with van der Waals surface area (Å²) in [4.78, 5) is 19.0. The second-order valence-electron chi connectivity index (χ2n) is 3.71. The molecule has 0 radical (unpaired) electrons. The lowest BCUT2D eigenvalue weighted by atomic mass is 10.2. The van der Waals surface area contributed by atoms with Crippen molar-refractivity contribution >= 4 is 22.4 Å². The summed E-state index contributed by atoms with van der Waals surface area (Å²) in [5.74, 6) is -0.800. The van der Waals surface area contributed by atoms with E-state index in [9.17, 15) is 4.79 Å². The first-order valence-electron chi connectivity index (χ1n) is 5.54. The molecule has 5 nitrogen and oxygen atoms in total. The zero-order chi connectivity index (χ0) is 12.8. The standard InChI is InChI=1S/C12H13N3O2S/c16-11(17)5-4-10-8-18-12(15-10)14-7-9-3-1-2-6-13-9/h1-3,6,8H,4-5,7H2,(H,14,15)(H,16,17). The van der Waals surface area contributed by atoms with Crippen molar-refractivity contribution in [1.29, 1.82) is 0 Å². The third kappa shape index (κ3) is 3.81. The van der Waals surface area contributed by atoms with E-state index in [0.717, 1.165) is 16.5 Å². The largest absolute Gasteiger partial charge is 0.481 e. The molecule has 0 aromatic carbocycles. The van der Waals surface area contributed by atoms with Crippen LogP contribution >= 0.6 is 11.3 Å². The average Bonchev–Trinajstić information content (AvgIpc) is 2.83. The number of carboxylic acid groups (broad SMARTS) is 1. The number of anilines is 1. The van der Waals surface area contributed by atoms with Crippen molar-refractivity contribution in [3.05, 3.63) is 41.2 Å². The number of carboxylic acids is 1. The lowest BCUT2D eigenvalue weighted by molar-refractivity contribution is -0.136. The number of aromatic nitrogens is 2. The molecule has 6 heteroatoms. The molecule has 2 aromatic rings. The Morgan fingerprint density at radius 1 is 1.39 bits per heavy atom. The van der Waals surface area contributed by atoms with Crippen molar-refractivity contribution in [3.63, 3.8) is 0 Å². The molecule has 2 rings (SSSR count). The number of nitrogens with one attached hydrogen (secondary N) is 1. The first-order chi connectivity index (χ1) is 8.74. The highest BCUT2D eigenvalue weighted by Crippen LogP contribution is 2.17. The van der Waals surface area contributed by atoms with E-state index in [4.69, 9.17) is 5.11 Å². The van der Waals surface area contributed by atoms with Crippen LogP contribution in [0.3, 0.4) is 0 Å². The first-order valence-corrected chi connectivity index (χ1v) is 6.42. The third-order valence-electron chi connectivity index (χ3n) is 2.29. The molecule has 0 amide bonds. The zero-order valence-corrected chi connectivity index (χ0v) is 10.5. The Hall–Kier alpha value is -1.95. The maximum absolute atomic E-state index is 10.4. The number of carbonyl (C=O) groups is 1. The van der Waals surface area contributed by atoms with Gasteiger partial charge in [-0.15, -0.1) is 11.3 Å². The highest BCUT2D eigenvalue weighted by Gasteiger charge is 2.04. The van der Waals surface area contributed by atoms with Gasteiger partial charge in [0.2, 0.25) is 0 Å². The summed E-state index contributed by atoms with van der Waals surface area (Å²) in [6.45, 7) is 0.618. The highest BCUT2D eigenvalue weighted by molar-refractivity contribution is 7.13. The average molecular weight is 263 g/mol. The number of hydrogen-bond acceptors (Lipinski definition) is 5. The Balaban J connectivity index is 1.85. The van der Waals surface area contributed by atoms with Crippen molar-refractivity contribution < 1.29 is 9.90 Å². The van der Waals surface area contributed by atoms with Crippen molar-refractivity contribution in [2.24, 2.45) is 0 Å². The maximum atomic E-state index is 10.4. The van der Waals surface area contributed by atoms with Crippen LogP contribution in [0.5, 0.6) is 0 Å². The van der Waals surface area contributed by atoms with E-state index in [0.29, 0.717) is 13.0 Å².